The van der Waals surface area contributed by atoms with Gasteiger partial charge in [0.15, 0.2) is 0 Å². The molecule has 0 aliphatic carbocycles. The molecule has 0 saturated carbocycles. The fraction of sp³-hybridized carbons (Fsp3) is 0.842. The van der Waals surface area contributed by atoms with Gasteiger partial charge in [-0.1, -0.05) is 170 Å². The standard InChI is InChI=1S/C38H71O3P/c1-9-11-13-15-17-18-19-20-22-24-31-40-42(39)41-32-26-28-33(27-23-21-16-14-12-10-2)34-29-25-30-35(37(3,4)5)36(34)38(6,7)8/h25,29-30,33,39H,9-24,26-28,31-32H2,1-8H3. The number of unbranched alkanes of at least 4 members (excludes halogenated alkanes) is 14. The Morgan fingerprint density at radius 3 is 1.55 bits per heavy atom. The first kappa shape index (κ1) is 39.6. The molecule has 1 N–H and O–H groups in total. The van der Waals surface area contributed by atoms with E-state index in [1.54, 1.807) is 5.56 Å². The predicted octanol–water partition coefficient (Wildman–Crippen LogP) is 13.1. The fourth-order valence-corrected chi connectivity index (χ4v) is 6.89. The van der Waals surface area contributed by atoms with Crippen molar-refractivity contribution in [3.63, 3.8) is 0 Å². The Labute approximate surface area is 264 Å². The largest absolute Gasteiger partial charge is 0.329 e. The van der Waals surface area contributed by atoms with Crippen molar-refractivity contribution in [2.24, 2.45) is 0 Å². The average molecular weight is 607 g/mol. The zero-order valence-electron chi connectivity index (χ0n) is 29.4. The molecule has 0 spiro atoms. The van der Waals surface area contributed by atoms with Gasteiger partial charge in [0.05, 0.1) is 13.2 Å². The minimum Gasteiger partial charge on any atom is -0.328 e. The maximum absolute atomic E-state index is 10.3. The van der Waals surface area contributed by atoms with Crippen LogP contribution in [0.4, 0.5) is 0 Å². The molecule has 2 unspecified atom stereocenters. The summed E-state index contributed by atoms with van der Waals surface area (Å²) in [5, 5.41) is 0. The molecule has 0 radical (unpaired) electrons. The van der Waals surface area contributed by atoms with Crippen molar-refractivity contribution >= 4 is 8.60 Å². The molecule has 1 aromatic carbocycles. The van der Waals surface area contributed by atoms with Gasteiger partial charge in [-0.15, -0.1) is 0 Å². The lowest BCUT2D eigenvalue weighted by molar-refractivity contribution is 0.192. The highest BCUT2D eigenvalue weighted by molar-refractivity contribution is 7.40. The molecule has 0 bridgehead atoms. The summed E-state index contributed by atoms with van der Waals surface area (Å²) in [6.07, 6.45) is 24.3. The zero-order chi connectivity index (χ0) is 31.3. The van der Waals surface area contributed by atoms with Crippen molar-refractivity contribution in [3.05, 3.63) is 34.9 Å². The van der Waals surface area contributed by atoms with Gasteiger partial charge in [-0.25, -0.2) is 0 Å². The molecule has 4 heteroatoms. The maximum atomic E-state index is 10.3. The molecule has 3 nitrogen and oxygen atoms in total. The van der Waals surface area contributed by atoms with Crippen LogP contribution < -0.4 is 0 Å². The Bertz CT molecular complexity index is 780. The van der Waals surface area contributed by atoms with Gasteiger partial charge in [0.1, 0.15) is 0 Å². The van der Waals surface area contributed by atoms with E-state index in [0.717, 1.165) is 19.3 Å². The van der Waals surface area contributed by atoms with Crippen LogP contribution in [-0.2, 0) is 19.9 Å². The second kappa shape index (κ2) is 23.0. The van der Waals surface area contributed by atoms with E-state index >= 15 is 0 Å². The van der Waals surface area contributed by atoms with Gasteiger partial charge in [-0.05, 0) is 59.1 Å². The van der Waals surface area contributed by atoms with Crippen molar-refractivity contribution < 1.29 is 13.9 Å². The fourth-order valence-electron chi connectivity index (χ4n) is 6.24. The van der Waals surface area contributed by atoms with Crippen molar-refractivity contribution in [2.45, 2.75) is 194 Å². The van der Waals surface area contributed by atoms with E-state index in [1.807, 2.05) is 0 Å². The second-order valence-corrected chi connectivity index (χ2v) is 15.7. The van der Waals surface area contributed by atoms with E-state index in [0.29, 0.717) is 19.1 Å². The van der Waals surface area contributed by atoms with Gasteiger partial charge in [-0.2, -0.15) is 0 Å². The molecule has 0 aromatic heterocycles. The maximum Gasteiger partial charge on any atom is 0.329 e. The Kier molecular flexibility index (Phi) is 21.6. The SMILES string of the molecule is CCCCCCCCCCCCOP(O)OCCCC(CCCCCCCC)c1cccc(C(C)(C)C)c1C(C)(C)C. The number of hydrogen-bond donors (Lipinski definition) is 1. The summed E-state index contributed by atoms with van der Waals surface area (Å²) < 4.78 is 11.4. The minimum absolute atomic E-state index is 0.0942. The van der Waals surface area contributed by atoms with E-state index in [4.69, 9.17) is 9.05 Å². The van der Waals surface area contributed by atoms with E-state index in [-0.39, 0.29) is 10.8 Å². The van der Waals surface area contributed by atoms with E-state index in [2.05, 4.69) is 73.6 Å². The highest BCUT2D eigenvalue weighted by Gasteiger charge is 2.29. The third kappa shape index (κ3) is 17.7. The van der Waals surface area contributed by atoms with Gasteiger partial charge in [0, 0.05) is 0 Å². The van der Waals surface area contributed by atoms with E-state index in [1.165, 1.54) is 114 Å². The van der Waals surface area contributed by atoms with Gasteiger partial charge in [-0.3, -0.25) is 0 Å². The van der Waals surface area contributed by atoms with Crippen LogP contribution in [0, 0.1) is 0 Å². The first-order valence-electron chi connectivity index (χ1n) is 17.9. The van der Waals surface area contributed by atoms with Crippen LogP contribution >= 0.6 is 8.60 Å². The third-order valence-electron chi connectivity index (χ3n) is 8.60. The number of rotatable bonds is 25. The Morgan fingerprint density at radius 2 is 1.05 bits per heavy atom. The van der Waals surface area contributed by atoms with Gasteiger partial charge < -0.3 is 13.9 Å². The molecule has 0 fully saturated rings. The Morgan fingerprint density at radius 1 is 0.595 bits per heavy atom. The van der Waals surface area contributed by atoms with Gasteiger partial charge in [0.25, 0.3) is 0 Å². The van der Waals surface area contributed by atoms with Crippen molar-refractivity contribution in [1.29, 1.82) is 0 Å². The highest BCUT2D eigenvalue weighted by atomic mass is 31.2. The summed E-state index contributed by atoms with van der Waals surface area (Å²) in [6, 6.07) is 7.03. The minimum atomic E-state index is -1.77. The molecule has 0 aliphatic rings. The third-order valence-corrected chi connectivity index (χ3v) is 9.41. The topological polar surface area (TPSA) is 38.7 Å². The highest BCUT2D eigenvalue weighted by Crippen LogP contribution is 2.42. The van der Waals surface area contributed by atoms with Crippen LogP contribution in [0.15, 0.2) is 18.2 Å². The zero-order valence-corrected chi connectivity index (χ0v) is 30.3. The van der Waals surface area contributed by atoms with Crippen LogP contribution in [-0.4, -0.2) is 18.1 Å². The molecule has 1 rings (SSSR count). The summed E-state index contributed by atoms with van der Waals surface area (Å²) in [5.74, 6) is 0.522. The van der Waals surface area contributed by atoms with Crippen molar-refractivity contribution in [1.82, 2.24) is 0 Å². The molecule has 2 atom stereocenters. The molecule has 42 heavy (non-hydrogen) atoms. The quantitative estimate of drug-likeness (QED) is 0.0889. The van der Waals surface area contributed by atoms with Crippen LogP contribution in [0.5, 0.6) is 0 Å². The smallest absolute Gasteiger partial charge is 0.328 e. The molecular weight excluding hydrogens is 535 g/mol. The van der Waals surface area contributed by atoms with Crippen LogP contribution in [0.1, 0.15) is 200 Å². The molecule has 246 valence electrons. The van der Waals surface area contributed by atoms with Crippen LogP contribution in [0.25, 0.3) is 0 Å². The Hall–Kier alpha value is -0.470. The number of benzene rings is 1. The summed E-state index contributed by atoms with van der Waals surface area (Å²) in [4.78, 5) is 10.3. The first-order valence-corrected chi connectivity index (χ1v) is 19.0. The molecule has 1 aromatic rings. The first-order chi connectivity index (χ1) is 20.0. The summed E-state index contributed by atoms with van der Waals surface area (Å²) in [7, 11) is -1.77. The van der Waals surface area contributed by atoms with Crippen LogP contribution in [0.3, 0.4) is 0 Å². The monoisotopic (exact) mass is 607 g/mol. The van der Waals surface area contributed by atoms with Crippen molar-refractivity contribution in [3.8, 4) is 0 Å². The molecule has 0 amide bonds. The lowest BCUT2D eigenvalue weighted by Crippen LogP contribution is -2.25. The van der Waals surface area contributed by atoms with E-state index < -0.39 is 8.60 Å². The number of hydrogen-bond acceptors (Lipinski definition) is 3. The summed E-state index contributed by atoms with van der Waals surface area (Å²) in [5.41, 5.74) is 4.77. The molecule has 0 saturated heterocycles. The molecule has 0 heterocycles. The molecule has 0 aliphatic heterocycles. The lowest BCUT2D eigenvalue weighted by atomic mass is 9.70. The van der Waals surface area contributed by atoms with Gasteiger partial charge in [0.2, 0.25) is 0 Å². The lowest BCUT2D eigenvalue weighted by Gasteiger charge is -2.35. The second-order valence-electron chi connectivity index (χ2n) is 14.8. The normalized spacial score (nSPS) is 13.9. The average Bonchev–Trinajstić information content (AvgIpc) is 2.93. The van der Waals surface area contributed by atoms with Crippen LogP contribution in [0.2, 0.25) is 0 Å². The summed E-state index contributed by atoms with van der Waals surface area (Å²) >= 11 is 0. The summed E-state index contributed by atoms with van der Waals surface area (Å²) in [6.45, 7) is 19.9. The van der Waals surface area contributed by atoms with E-state index in [9.17, 15) is 4.89 Å². The Balaban J connectivity index is 2.57. The predicted molar refractivity (Wildman–Crippen MR) is 187 cm³/mol. The molecular formula is C38H71O3P. The van der Waals surface area contributed by atoms with Gasteiger partial charge >= 0.3 is 8.60 Å². The van der Waals surface area contributed by atoms with Crippen molar-refractivity contribution in [2.75, 3.05) is 13.2 Å².